The molecule has 0 radical (unpaired) electrons. The molecule has 0 aliphatic carbocycles. The Kier molecular flexibility index (Phi) is 3.62. The number of rotatable bonds is 2. The predicted octanol–water partition coefficient (Wildman–Crippen LogP) is 5.53. The van der Waals surface area contributed by atoms with Crippen molar-refractivity contribution >= 4 is 43.6 Å². The first kappa shape index (κ1) is 15.8. The van der Waals surface area contributed by atoms with Crippen molar-refractivity contribution in [2.75, 3.05) is 5.32 Å². The van der Waals surface area contributed by atoms with Gasteiger partial charge in [-0.15, -0.1) is 0 Å². The van der Waals surface area contributed by atoms with Crippen molar-refractivity contribution in [3.05, 3.63) is 58.3 Å². The predicted molar refractivity (Wildman–Crippen MR) is 103 cm³/mol. The molecule has 4 nitrogen and oxygen atoms in total. The van der Waals surface area contributed by atoms with E-state index >= 15 is 0 Å². The van der Waals surface area contributed by atoms with Gasteiger partial charge in [0.15, 0.2) is 10.9 Å². The maximum absolute atomic E-state index is 12.7. The molecule has 0 saturated carbocycles. The van der Waals surface area contributed by atoms with E-state index in [4.69, 9.17) is 4.42 Å². The molecule has 5 heteroatoms. The first-order valence-corrected chi connectivity index (χ1v) is 8.93. The summed E-state index contributed by atoms with van der Waals surface area (Å²) < 4.78 is 6.96. The van der Waals surface area contributed by atoms with Gasteiger partial charge in [0.2, 0.25) is 0 Å². The topological polar surface area (TPSA) is 55.1 Å². The lowest BCUT2D eigenvalue weighted by molar-refractivity contribution is 0.0998. The summed E-state index contributed by atoms with van der Waals surface area (Å²) in [5, 5.41) is 4.44. The summed E-state index contributed by atoms with van der Waals surface area (Å²) in [6.45, 7) is 8.00. The summed E-state index contributed by atoms with van der Waals surface area (Å²) in [4.78, 5) is 17.2. The van der Waals surface area contributed by atoms with Crippen LogP contribution in [0, 0.1) is 27.7 Å². The Bertz CT molecular complexity index is 1140. The van der Waals surface area contributed by atoms with Crippen LogP contribution in [0.3, 0.4) is 0 Å². The molecule has 0 spiro atoms. The molecule has 4 aromatic rings. The fourth-order valence-electron chi connectivity index (χ4n) is 2.97. The first-order valence-electron chi connectivity index (χ1n) is 8.12. The van der Waals surface area contributed by atoms with Crippen LogP contribution in [0.25, 0.3) is 21.2 Å². The second-order valence-electron chi connectivity index (χ2n) is 6.38. The van der Waals surface area contributed by atoms with Gasteiger partial charge in [-0.1, -0.05) is 29.5 Å². The van der Waals surface area contributed by atoms with Crippen molar-refractivity contribution in [1.82, 2.24) is 4.98 Å². The van der Waals surface area contributed by atoms with Gasteiger partial charge in [0.25, 0.3) is 5.91 Å². The van der Waals surface area contributed by atoms with Crippen molar-refractivity contribution < 1.29 is 9.21 Å². The number of carbonyl (C=O) groups is 1. The van der Waals surface area contributed by atoms with Gasteiger partial charge in [-0.25, -0.2) is 4.98 Å². The van der Waals surface area contributed by atoms with Gasteiger partial charge in [0.1, 0.15) is 5.58 Å². The summed E-state index contributed by atoms with van der Waals surface area (Å²) >= 11 is 1.47. The van der Waals surface area contributed by atoms with E-state index in [1.165, 1.54) is 16.9 Å². The maximum Gasteiger partial charge on any atom is 0.293 e. The van der Waals surface area contributed by atoms with E-state index in [0.29, 0.717) is 10.9 Å². The van der Waals surface area contributed by atoms with E-state index in [1.807, 2.05) is 45.9 Å². The molecule has 0 fully saturated rings. The Morgan fingerprint density at radius 2 is 1.88 bits per heavy atom. The highest BCUT2D eigenvalue weighted by Gasteiger charge is 2.20. The number of anilines is 1. The standard InChI is InChI=1S/C20H18N2O2S/c1-10-5-8-15-16(9-10)25-20(21-15)22-19(23)18-13(4)14-7-6-11(2)12(3)17(14)24-18/h5-9H,1-4H3,(H,21,22,23). The van der Waals surface area contributed by atoms with Crippen LogP contribution in [0.1, 0.15) is 32.8 Å². The lowest BCUT2D eigenvalue weighted by Gasteiger charge is -1.99. The van der Waals surface area contributed by atoms with E-state index in [2.05, 4.69) is 22.4 Å². The van der Waals surface area contributed by atoms with Gasteiger partial charge in [0.05, 0.1) is 10.2 Å². The number of carbonyl (C=O) groups excluding carboxylic acids is 1. The molecular weight excluding hydrogens is 332 g/mol. The zero-order chi connectivity index (χ0) is 17.7. The minimum absolute atomic E-state index is 0.262. The Hall–Kier alpha value is -2.66. The lowest BCUT2D eigenvalue weighted by Crippen LogP contribution is -2.11. The molecular formula is C20H18N2O2S. The number of benzene rings is 2. The third kappa shape index (κ3) is 2.61. The Labute approximate surface area is 149 Å². The zero-order valence-electron chi connectivity index (χ0n) is 14.6. The van der Waals surface area contributed by atoms with Crippen LogP contribution in [0.15, 0.2) is 34.7 Å². The number of fused-ring (bicyclic) bond motifs is 2. The fraction of sp³-hybridized carbons (Fsp3) is 0.200. The van der Waals surface area contributed by atoms with Crippen molar-refractivity contribution in [3.63, 3.8) is 0 Å². The largest absolute Gasteiger partial charge is 0.450 e. The maximum atomic E-state index is 12.7. The molecule has 1 amide bonds. The third-order valence-corrected chi connectivity index (χ3v) is 5.53. The van der Waals surface area contributed by atoms with E-state index in [1.54, 1.807) is 0 Å². The number of thiazole rings is 1. The zero-order valence-corrected chi connectivity index (χ0v) is 15.4. The van der Waals surface area contributed by atoms with Gasteiger partial charge in [-0.2, -0.15) is 0 Å². The van der Waals surface area contributed by atoms with Crippen LogP contribution in [0.4, 0.5) is 5.13 Å². The number of hydrogen-bond acceptors (Lipinski definition) is 4. The van der Waals surface area contributed by atoms with Crippen LogP contribution in [-0.4, -0.2) is 10.9 Å². The molecule has 0 atom stereocenters. The monoisotopic (exact) mass is 350 g/mol. The quantitative estimate of drug-likeness (QED) is 0.517. The second-order valence-corrected chi connectivity index (χ2v) is 7.42. The average Bonchev–Trinajstić information content (AvgIpc) is 3.11. The molecule has 0 bridgehead atoms. The molecule has 0 aliphatic heterocycles. The average molecular weight is 350 g/mol. The minimum Gasteiger partial charge on any atom is -0.450 e. The van der Waals surface area contributed by atoms with Gasteiger partial charge in [-0.3, -0.25) is 10.1 Å². The number of aryl methyl sites for hydroxylation is 4. The fourth-order valence-corrected chi connectivity index (χ4v) is 3.93. The lowest BCUT2D eigenvalue weighted by atomic mass is 10.0. The molecule has 0 unspecified atom stereocenters. The van der Waals surface area contributed by atoms with Crippen LogP contribution in [0.5, 0.6) is 0 Å². The third-order valence-electron chi connectivity index (χ3n) is 4.60. The van der Waals surface area contributed by atoms with E-state index in [-0.39, 0.29) is 5.91 Å². The van der Waals surface area contributed by atoms with Gasteiger partial charge in [-0.05, 0) is 56.5 Å². The number of furan rings is 1. The number of amides is 1. The van der Waals surface area contributed by atoms with Crippen molar-refractivity contribution in [1.29, 1.82) is 0 Å². The van der Waals surface area contributed by atoms with Crippen LogP contribution < -0.4 is 5.32 Å². The van der Waals surface area contributed by atoms with Crippen molar-refractivity contribution in [2.24, 2.45) is 0 Å². The molecule has 2 aromatic heterocycles. The Morgan fingerprint density at radius 3 is 2.68 bits per heavy atom. The highest BCUT2D eigenvalue weighted by atomic mass is 32.1. The smallest absolute Gasteiger partial charge is 0.293 e. The number of aromatic nitrogens is 1. The highest BCUT2D eigenvalue weighted by molar-refractivity contribution is 7.22. The van der Waals surface area contributed by atoms with Crippen molar-refractivity contribution in [2.45, 2.75) is 27.7 Å². The second kappa shape index (κ2) is 5.70. The highest BCUT2D eigenvalue weighted by Crippen LogP contribution is 2.31. The van der Waals surface area contributed by atoms with E-state index in [0.717, 1.165) is 37.9 Å². The summed E-state index contributed by atoms with van der Waals surface area (Å²) in [6, 6.07) is 10.1. The minimum atomic E-state index is -0.262. The van der Waals surface area contributed by atoms with Crippen LogP contribution in [0.2, 0.25) is 0 Å². The Balaban J connectivity index is 1.71. The van der Waals surface area contributed by atoms with E-state index in [9.17, 15) is 4.79 Å². The number of nitrogens with zero attached hydrogens (tertiary/aromatic N) is 1. The Morgan fingerprint density at radius 1 is 1.08 bits per heavy atom. The molecule has 0 saturated heterocycles. The van der Waals surface area contributed by atoms with Crippen molar-refractivity contribution in [3.8, 4) is 0 Å². The van der Waals surface area contributed by atoms with E-state index < -0.39 is 0 Å². The van der Waals surface area contributed by atoms with Crippen LogP contribution >= 0.6 is 11.3 Å². The molecule has 4 rings (SSSR count). The molecule has 126 valence electrons. The summed E-state index contributed by atoms with van der Waals surface area (Å²) in [5.74, 6) is 0.0840. The molecule has 25 heavy (non-hydrogen) atoms. The van der Waals surface area contributed by atoms with Gasteiger partial charge in [0, 0.05) is 10.9 Å². The number of nitrogens with one attached hydrogen (secondary N) is 1. The summed E-state index contributed by atoms with van der Waals surface area (Å²) in [6.07, 6.45) is 0. The molecule has 2 aromatic carbocycles. The van der Waals surface area contributed by atoms with Gasteiger partial charge < -0.3 is 4.42 Å². The molecule has 1 N–H and O–H groups in total. The SMILES string of the molecule is Cc1ccc2nc(NC(=O)c3oc4c(C)c(C)ccc4c3C)sc2c1. The summed E-state index contributed by atoms with van der Waals surface area (Å²) in [7, 11) is 0. The van der Waals surface area contributed by atoms with Gasteiger partial charge >= 0.3 is 0 Å². The normalized spacial score (nSPS) is 11.4. The summed E-state index contributed by atoms with van der Waals surface area (Å²) in [5.41, 5.74) is 5.91. The number of hydrogen-bond donors (Lipinski definition) is 1. The first-order chi connectivity index (χ1) is 11.9. The van der Waals surface area contributed by atoms with Crippen LogP contribution in [-0.2, 0) is 0 Å². The molecule has 2 heterocycles. The molecule has 0 aliphatic rings.